The zero-order valence-electron chi connectivity index (χ0n) is 13.5. The third kappa shape index (κ3) is 2.38. The van der Waals surface area contributed by atoms with Gasteiger partial charge in [0, 0.05) is 5.92 Å². The van der Waals surface area contributed by atoms with E-state index < -0.39 is 11.6 Å². The molecule has 126 valence electrons. The van der Waals surface area contributed by atoms with Gasteiger partial charge in [-0.15, -0.1) is 0 Å². The van der Waals surface area contributed by atoms with Gasteiger partial charge in [0.1, 0.15) is 5.41 Å². The summed E-state index contributed by atoms with van der Waals surface area (Å²) in [7, 11) is 0. The molecule has 0 spiro atoms. The van der Waals surface area contributed by atoms with Crippen LogP contribution in [0.2, 0.25) is 0 Å². The van der Waals surface area contributed by atoms with E-state index in [2.05, 4.69) is 0 Å². The molecular weight excluding hydrogens is 321 g/mol. The highest BCUT2D eigenvalue weighted by Gasteiger charge is 2.61. The lowest BCUT2D eigenvalue weighted by Crippen LogP contribution is -2.41. The second kappa shape index (κ2) is 5.76. The molecule has 0 fully saturated rings. The molecule has 0 saturated carbocycles. The van der Waals surface area contributed by atoms with Crippen molar-refractivity contribution in [2.75, 3.05) is 0 Å². The van der Waals surface area contributed by atoms with E-state index in [9.17, 15) is 13.2 Å². The summed E-state index contributed by atoms with van der Waals surface area (Å²) >= 11 is 0. The normalized spacial score (nSPS) is 22.6. The van der Waals surface area contributed by atoms with Crippen molar-refractivity contribution in [1.29, 1.82) is 0 Å². The standard InChI is InChI=1S/C22H17F3/c23-22(24,25)21(17-11-5-2-6-12-17)15-19(16-9-3-1-4-10-16)18-13-7-8-14-20(18)21/h1-14,19H,15H2. The van der Waals surface area contributed by atoms with Crippen LogP contribution in [0.1, 0.15) is 34.6 Å². The second-order valence-corrected chi connectivity index (χ2v) is 6.52. The van der Waals surface area contributed by atoms with Gasteiger partial charge in [-0.3, -0.25) is 0 Å². The number of alkyl halides is 3. The number of hydrogen-bond acceptors (Lipinski definition) is 0. The SMILES string of the molecule is FC(F)(F)C1(c2ccccc2)CC(c2ccccc2)c2ccccc21. The van der Waals surface area contributed by atoms with E-state index in [1.807, 2.05) is 42.5 Å². The summed E-state index contributed by atoms with van der Waals surface area (Å²) in [5.74, 6) is -0.265. The average molecular weight is 338 g/mol. The molecule has 3 heteroatoms. The first-order valence-electron chi connectivity index (χ1n) is 8.30. The molecule has 2 unspecified atom stereocenters. The third-order valence-corrected chi connectivity index (χ3v) is 5.26. The van der Waals surface area contributed by atoms with E-state index >= 15 is 0 Å². The molecule has 0 aliphatic heterocycles. The van der Waals surface area contributed by atoms with E-state index in [0.717, 1.165) is 11.1 Å². The van der Waals surface area contributed by atoms with Crippen LogP contribution < -0.4 is 0 Å². The minimum Gasteiger partial charge on any atom is -0.170 e. The minimum atomic E-state index is -4.37. The lowest BCUT2D eigenvalue weighted by Gasteiger charge is -2.34. The average Bonchev–Trinajstić information content (AvgIpc) is 3.00. The molecule has 1 aliphatic rings. The van der Waals surface area contributed by atoms with Crippen molar-refractivity contribution in [2.24, 2.45) is 0 Å². The summed E-state index contributed by atoms with van der Waals surface area (Å²) in [4.78, 5) is 0. The summed E-state index contributed by atoms with van der Waals surface area (Å²) < 4.78 is 43.4. The molecule has 3 aromatic carbocycles. The summed E-state index contributed by atoms with van der Waals surface area (Å²) in [6.07, 6.45) is -4.36. The summed E-state index contributed by atoms with van der Waals surface area (Å²) in [5, 5.41) is 0. The van der Waals surface area contributed by atoms with Gasteiger partial charge in [0.05, 0.1) is 0 Å². The van der Waals surface area contributed by atoms with E-state index in [0.29, 0.717) is 11.1 Å². The first kappa shape index (κ1) is 15.9. The first-order valence-corrected chi connectivity index (χ1v) is 8.30. The van der Waals surface area contributed by atoms with Crippen LogP contribution in [0.15, 0.2) is 84.9 Å². The Balaban J connectivity index is 1.98. The van der Waals surface area contributed by atoms with Crippen molar-refractivity contribution in [3.63, 3.8) is 0 Å². The Morgan fingerprint density at radius 1 is 0.720 bits per heavy atom. The molecule has 4 rings (SSSR count). The van der Waals surface area contributed by atoms with Crippen molar-refractivity contribution >= 4 is 0 Å². The number of hydrogen-bond donors (Lipinski definition) is 0. The number of halogens is 3. The van der Waals surface area contributed by atoms with Crippen LogP contribution in [-0.2, 0) is 5.41 Å². The smallest absolute Gasteiger partial charge is 0.170 e. The molecule has 0 amide bonds. The predicted octanol–water partition coefficient (Wildman–Crippen LogP) is 6.07. The van der Waals surface area contributed by atoms with Crippen molar-refractivity contribution in [3.8, 4) is 0 Å². The van der Waals surface area contributed by atoms with Crippen LogP contribution in [0.25, 0.3) is 0 Å². The highest BCUT2D eigenvalue weighted by Crippen LogP contribution is 2.59. The zero-order chi connectivity index (χ0) is 17.5. The summed E-state index contributed by atoms with van der Waals surface area (Å²) in [6.45, 7) is 0. The van der Waals surface area contributed by atoms with Crippen LogP contribution in [0, 0.1) is 0 Å². The fourth-order valence-corrected chi connectivity index (χ4v) is 4.13. The maximum absolute atomic E-state index is 14.5. The Morgan fingerprint density at radius 3 is 1.92 bits per heavy atom. The fourth-order valence-electron chi connectivity index (χ4n) is 4.13. The van der Waals surface area contributed by atoms with E-state index in [1.54, 1.807) is 42.5 Å². The number of rotatable bonds is 2. The predicted molar refractivity (Wildman–Crippen MR) is 92.6 cm³/mol. The Labute approximate surface area is 144 Å². The van der Waals surface area contributed by atoms with Gasteiger partial charge in [0.15, 0.2) is 0 Å². The molecule has 0 radical (unpaired) electrons. The van der Waals surface area contributed by atoms with Gasteiger partial charge < -0.3 is 0 Å². The Hall–Kier alpha value is -2.55. The van der Waals surface area contributed by atoms with Crippen molar-refractivity contribution in [1.82, 2.24) is 0 Å². The van der Waals surface area contributed by atoms with Crippen molar-refractivity contribution in [3.05, 3.63) is 107 Å². The summed E-state index contributed by atoms with van der Waals surface area (Å²) in [6, 6.07) is 24.8. The first-order chi connectivity index (χ1) is 12.0. The van der Waals surface area contributed by atoms with Crippen LogP contribution in [-0.4, -0.2) is 6.18 Å². The molecule has 25 heavy (non-hydrogen) atoms. The van der Waals surface area contributed by atoms with E-state index in [1.165, 1.54) is 0 Å². The molecule has 0 saturated heterocycles. The molecule has 0 aromatic heterocycles. The zero-order valence-corrected chi connectivity index (χ0v) is 13.5. The van der Waals surface area contributed by atoms with Gasteiger partial charge in [-0.1, -0.05) is 84.9 Å². The topological polar surface area (TPSA) is 0 Å². The van der Waals surface area contributed by atoms with Gasteiger partial charge >= 0.3 is 6.18 Å². The minimum absolute atomic E-state index is 0.00384. The van der Waals surface area contributed by atoms with Gasteiger partial charge in [-0.2, -0.15) is 13.2 Å². The number of benzene rings is 3. The lowest BCUT2D eigenvalue weighted by atomic mass is 9.74. The molecular formula is C22H17F3. The van der Waals surface area contributed by atoms with Crippen molar-refractivity contribution < 1.29 is 13.2 Å². The molecule has 0 heterocycles. The monoisotopic (exact) mass is 338 g/mol. The molecule has 0 nitrogen and oxygen atoms in total. The van der Waals surface area contributed by atoms with Crippen LogP contribution in [0.5, 0.6) is 0 Å². The van der Waals surface area contributed by atoms with E-state index in [-0.39, 0.29) is 12.3 Å². The van der Waals surface area contributed by atoms with Gasteiger partial charge in [0.2, 0.25) is 0 Å². The van der Waals surface area contributed by atoms with Crippen molar-refractivity contribution in [2.45, 2.75) is 23.9 Å². The fraction of sp³-hybridized carbons (Fsp3) is 0.182. The van der Waals surface area contributed by atoms with Gasteiger partial charge in [-0.05, 0) is 28.7 Å². The van der Waals surface area contributed by atoms with E-state index in [4.69, 9.17) is 0 Å². The number of fused-ring (bicyclic) bond motifs is 1. The maximum Gasteiger partial charge on any atom is 0.402 e. The molecule has 0 N–H and O–H groups in total. The molecule has 3 aromatic rings. The van der Waals surface area contributed by atoms with Gasteiger partial charge in [-0.25, -0.2) is 0 Å². The lowest BCUT2D eigenvalue weighted by molar-refractivity contribution is -0.178. The third-order valence-electron chi connectivity index (χ3n) is 5.26. The van der Waals surface area contributed by atoms with Crippen LogP contribution in [0.4, 0.5) is 13.2 Å². The highest BCUT2D eigenvalue weighted by atomic mass is 19.4. The summed E-state index contributed by atoms with van der Waals surface area (Å²) in [5.41, 5.74) is 0.425. The largest absolute Gasteiger partial charge is 0.402 e. The molecule has 2 atom stereocenters. The molecule has 1 aliphatic carbocycles. The Morgan fingerprint density at radius 2 is 1.28 bits per heavy atom. The Bertz CT molecular complexity index is 869. The molecule has 0 bridgehead atoms. The quantitative estimate of drug-likeness (QED) is 0.532. The maximum atomic E-state index is 14.5. The Kier molecular flexibility index (Phi) is 3.68. The van der Waals surface area contributed by atoms with Crippen LogP contribution in [0.3, 0.4) is 0 Å². The highest BCUT2D eigenvalue weighted by molar-refractivity contribution is 5.54. The van der Waals surface area contributed by atoms with Crippen LogP contribution >= 0.6 is 0 Å². The van der Waals surface area contributed by atoms with Gasteiger partial charge in [0.25, 0.3) is 0 Å². The second-order valence-electron chi connectivity index (χ2n) is 6.52.